The molecule has 0 saturated carbocycles. The van der Waals surface area contributed by atoms with E-state index in [1.807, 2.05) is 48.5 Å². The summed E-state index contributed by atoms with van der Waals surface area (Å²) in [5.41, 5.74) is 4.75. The van der Waals surface area contributed by atoms with Crippen LogP contribution in [0.4, 0.5) is 9.18 Å². The predicted octanol–water partition coefficient (Wildman–Crippen LogP) is 3.03. The number of aliphatic carboxylic acids is 1. The van der Waals surface area contributed by atoms with E-state index < -0.39 is 23.9 Å². The Bertz CT molecular complexity index is 1050. The summed E-state index contributed by atoms with van der Waals surface area (Å²) in [5.74, 6) is -2.08. The molecule has 0 aromatic heterocycles. The van der Waals surface area contributed by atoms with Crippen LogP contribution < -0.4 is 10.4 Å². The highest BCUT2D eigenvalue weighted by Gasteiger charge is 2.29. The molecule has 0 radical (unpaired) electrons. The fourth-order valence-electron chi connectivity index (χ4n) is 3.88. The van der Waals surface area contributed by atoms with Gasteiger partial charge >= 0.3 is 6.09 Å². The molecule has 1 unspecified atom stereocenters. The van der Waals surface area contributed by atoms with E-state index in [1.54, 1.807) is 6.07 Å². The summed E-state index contributed by atoms with van der Waals surface area (Å²) in [7, 11) is 0. The average molecular weight is 404 g/mol. The van der Waals surface area contributed by atoms with Gasteiger partial charge in [0.2, 0.25) is 0 Å². The van der Waals surface area contributed by atoms with E-state index in [4.69, 9.17) is 4.74 Å². The maximum Gasteiger partial charge on any atom is 0.407 e. The summed E-state index contributed by atoms with van der Waals surface area (Å²) in [4.78, 5) is 23.7. The molecule has 5 nitrogen and oxygen atoms in total. The lowest BCUT2D eigenvalue weighted by Crippen LogP contribution is -2.49. The third-order valence-corrected chi connectivity index (χ3v) is 5.25. The first-order valence-electron chi connectivity index (χ1n) is 9.59. The number of alkyl carbamates (subject to hydrolysis) is 1. The Kier molecular flexibility index (Phi) is 5.48. The van der Waals surface area contributed by atoms with Gasteiger partial charge in [0.1, 0.15) is 12.4 Å². The number of ether oxygens (including phenoxy) is 1. The minimum atomic E-state index is -1.47. The second-order valence-corrected chi connectivity index (χ2v) is 7.18. The highest BCUT2D eigenvalue weighted by Crippen LogP contribution is 2.44. The van der Waals surface area contributed by atoms with Crippen molar-refractivity contribution >= 4 is 12.1 Å². The van der Waals surface area contributed by atoms with Crippen molar-refractivity contribution in [2.75, 3.05) is 6.61 Å². The van der Waals surface area contributed by atoms with Crippen LogP contribution in [-0.2, 0) is 16.0 Å². The minimum absolute atomic E-state index is 0.0690. The van der Waals surface area contributed by atoms with Crippen molar-refractivity contribution < 1.29 is 23.8 Å². The maximum absolute atomic E-state index is 13.3. The summed E-state index contributed by atoms with van der Waals surface area (Å²) < 4.78 is 18.7. The molecule has 0 aliphatic heterocycles. The number of benzene rings is 3. The molecule has 0 bridgehead atoms. The number of carboxylic acid groups (broad SMARTS) is 1. The van der Waals surface area contributed by atoms with Crippen molar-refractivity contribution in [2.24, 2.45) is 0 Å². The average Bonchev–Trinajstić information content (AvgIpc) is 3.06. The summed E-state index contributed by atoms with van der Waals surface area (Å²) in [5, 5.41) is 13.7. The molecule has 3 aromatic carbocycles. The van der Waals surface area contributed by atoms with Crippen LogP contribution in [0.1, 0.15) is 22.6 Å². The highest BCUT2D eigenvalue weighted by atomic mass is 19.1. The number of hydrogen-bond donors (Lipinski definition) is 1. The van der Waals surface area contributed by atoms with Crippen LogP contribution >= 0.6 is 0 Å². The number of nitrogens with one attached hydrogen (secondary N) is 1. The Morgan fingerprint density at radius 3 is 2.20 bits per heavy atom. The molecule has 152 valence electrons. The molecule has 1 atom stereocenters. The van der Waals surface area contributed by atoms with E-state index in [-0.39, 0.29) is 18.9 Å². The molecule has 1 N–H and O–H groups in total. The number of fused-ring (bicyclic) bond motifs is 3. The lowest BCUT2D eigenvalue weighted by Gasteiger charge is -2.21. The molecule has 0 heterocycles. The number of hydrogen-bond acceptors (Lipinski definition) is 4. The first-order chi connectivity index (χ1) is 14.5. The van der Waals surface area contributed by atoms with E-state index in [0.717, 1.165) is 22.3 Å². The van der Waals surface area contributed by atoms with Crippen molar-refractivity contribution in [1.82, 2.24) is 5.32 Å². The quantitative estimate of drug-likeness (QED) is 0.685. The third kappa shape index (κ3) is 4.03. The Balaban J connectivity index is 1.43. The largest absolute Gasteiger partial charge is 0.548 e. The first kappa shape index (κ1) is 19.6. The van der Waals surface area contributed by atoms with Crippen LogP contribution in [0.3, 0.4) is 0 Å². The zero-order valence-corrected chi connectivity index (χ0v) is 16.0. The van der Waals surface area contributed by atoms with Gasteiger partial charge in [-0.15, -0.1) is 0 Å². The molecular formula is C24H19FNO4-. The van der Waals surface area contributed by atoms with Gasteiger partial charge < -0.3 is 20.0 Å². The molecule has 1 amide bonds. The molecule has 0 fully saturated rings. The monoisotopic (exact) mass is 404 g/mol. The van der Waals surface area contributed by atoms with Gasteiger partial charge in [0.05, 0.1) is 12.0 Å². The van der Waals surface area contributed by atoms with E-state index >= 15 is 0 Å². The molecule has 0 spiro atoms. The highest BCUT2D eigenvalue weighted by molar-refractivity contribution is 5.80. The lowest BCUT2D eigenvalue weighted by atomic mass is 9.98. The smallest absolute Gasteiger partial charge is 0.407 e. The van der Waals surface area contributed by atoms with Crippen LogP contribution in [0.15, 0.2) is 72.8 Å². The van der Waals surface area contributed by atoms with Crippen molar-refractivity contribution in [3.8, 4) is 11.1 Å². The number of halogens is 1. The van der Waals surface area contributed by atoms with Gasteiger partial charge in [-0.1, -0.05) is 60.7 Å². The molecule has 1 aliphatic carbocycles. The number of carbonyl (C=O) groups is 2. The van der Waals surface area contributed by atoms with Crippen LogP contribution in [-0.4, -0.2) is 24.7 Å². The van der Waals surface area contributed by atoms with Crippen LogP contribution in [0.5, 0.6) is 0 Å². The van der Waals surface area contributed by atoms with Gasteiger partial charge in [-0.05, 0) is 46.4 Å². The van der Waals surface area contributed by atoms with E-state index in [1.165, 1.54) is 18.2 Å². The lowest BCUT2D eigenvalue weighted by molar-refractivity contribution is -0.308. The van der Waals surface area contributed by atoms with Gasteiger partial charge in [-0.2, -0.15) is 0 Å². The van der Waals surface area contributed by atoms with Gasteiger partial charge in [0.15, 0.2) is 0 Å². The number of rotatable bonds is 6. The molecule has 1 aliphatic rings. The van der Waals surface area contributed by atoms with Gasteiger partial charge in [-0.3, -0.25) is 0 Å². The van der Waals surface area contributed by atoms with Crippen molar-refractivity contribution in [2.45, 2.75) is 18.4 Å². The van der Waals surface area contributed by atoms with Crippen molar-refractivity contribution in [3.05, 3.63) is 95.3 Å². The third-order valence-electron chi connectivity index (χ3n) is 5.25. The first-order valence-corrected chi connectivity index (χ1v) is 9.59. The zero-order chi connectivity index (χ0) is 21.1. The van der Waals surface area contributed by atoms with E-state index in [2.05, 4.69) is 5.32 Å². The normalized spacial score (nSPS) is 13.2. The molecular weight excluding hydrogens is 385 g/mol. The van der Waals surface area contributed by atoms with Gasteiger partial charge in [0.25, 0.3) is 0 Å². The second kappa shape index (κ2) is 8.37. The summed E-state index contributed by atoms with van der Waals surface area (Å²) >= 11 is 0. The molecule has 3 aromatic rings. The van der Waals surface area contributed by atoms with Crippen molar-refractivity contribution in [3.63, 3.8) is 0 Å². The van der Waals surface area contributed by atoms with Crippen molar-refractivity contribution in [1.29, 1.82) is 0 Å². The number of carbonyl (C=O) groups excluding carboxylic acids is 2. The summed E-state index contributed by atoms with van der Waals surface area (Å²) in [6, 6.07) is 20.0. The van der Waals surface area contributed by atoms with Gasteiger partial charge in [0, 0.05) is 5.92 Å². The molecule has 4 rings (SSSR count). The molecule has 0 saturated heterocycles. The Hall–Kier alpha value is -3.67. The Morgan fingerprint density at radius 1 is 0.967 bits per heavy atom. The van der Waals surface area contributed by atoms with Gasteiger partial charge in [-0.25, -0.2) is 9.18 Å². The summed E-state index contributed by atoms with van der Waals surface area (Å²) in [6.07, 6.45) is -0.966. The predicted molar refractivity (Wildman–Crippen MR) is 107 cm³/mol. The summed E-state index contributed by atoms with van der Waals surface area (Å²) in [6.45, 7) is 0.0690. The van der Waals surface area contributed by atoms with Crippen LogP contribution in [0, 0.1) is 5.82 Å². The van der Waals surface area contributed by atoms with Crippen LogP contribution in [0.2, 0.25) is 0 Å². The zero-order valence-electron chi connectivity index (χ0n) is 16.0. The Morgan fingerprint density at radius 2 is 1.60 bits per heavy atom. The van der Waals surface area contributed by atoms with E-state index in [0.29, 0.717) is 5.56 Å². The van der Waals surface area contributed by atoms with Crippen LogP contribution in [0.25, 0.3) is 11.1 Å². The topological polar surface area (TPSA) is 78.5 Å². The SMILES string of the molecule is O=C(NC(Cc1cccc(F)c1)C(=O)[O-])OCC1c2ccccc2-c2ccccc21. The minimum Gasteiger partial charge on any atom is -0.548 e. The number of amides is 1. The Labute approximate surface area is 173 Å². The van der Waals surface area contributed by atoms with E-state index in [9.17, 15) is 19.1 Å². The number of carboxylic acids is 1. The molecule has 6 heteroatoms. The fourth-order valence-corrected chi connectivity index (χ4v) is 3.88. The standard InChI is InChI=1S/C24H20FNO4/c25-16-7-5-6-15(12-16)13-22(23(27)28)26-24(29)30-14-21-19-10-3-1-8-17(19)18-9-2-4-11-20(18)21/h1-12,21-22H,13-14H2,(H,26,29)(H,27,28)/p-1. The fraction of sp³-hybridized carbons (Fsp3) is 0.167. The molecule has 30 heavy (non-hydrogen) atoms. The second-order valence-electron chi connectivity index (χ2n) is 7.18. The maximum atomic E-state index is 13.3.